The Kier molecular flexibility index (Phi) is 10.1. The van der Waals surface area contributed by atoms with Crippen LogP contribution in [0.15, 0.2) is 0 Å². The van der Waals surface area contributed by atoms with Crippen LogP contribution in [0.3, 0.4) is 0 Å². The Balaban J connectivity index is 3.09. The van der Waals surface area contributed by atoms with Crippen molar-refractivity contribution in [3.63, 3.8) is 0 Å². The minimum atomic E-state index is 0.391. The molecular weight excluding hydrogens is 151 g/mol. The summed E-state index contributed by atoms with van der Waals surface area (Å²) in [5.74, 6) is 0.582. The van der Waals surface area contributed by atoms with Gasteiger partial charge in [-0.2, -0.15) is 0 Å². The number of hydrogen-bond donors (Lipinski definition) is 1. The third kappa shape index (κ3) is 6.32. The molecule has 0 saturated heterocycles. The minimum absolute atomic E-state index is 0.391. The van der Waals surface area contributed by atoms with Crippen molar-refractivity contribution in [1.29, 1.82) is 0 Å². The first-order chi connectivity index (χ1) is 4.85. The molecule has 1 N–H and O–H groups in total. The maximum atomic E-state index is 8.84. The molecule has 0 rings (SSSR count). The molecule has 1 unspecified atom stereocenters. The Bertz CT molecular complexity index is 62.3. The first-order valence-electron chi connectivity index (χ1n) is 4.46. The summed E-state index contributed by atoms with van der Waals surface area (Å²) in [5.41, 5.74) is 0. The molecule has 1 nitrogen and oxygen atoms in total. The van der Waals surface area contributed by atoms with E-state index in [1.54, 1.807) is 0 Å². The van der Waals surface area contributed by atoms with Crippen LogP contribution in [0.2, 0.25) is 0.515 Å². The van der Waals surface area contributed by atoms with Crippen LogP contribution in [0.4, 0.5) is 0 Å². The van der Waals surface area contributed by atoms with E-state index in [4.69, 9.17) is 5.11 Å². The molecule has 0 spiro atoms. The molecule has 2 heteroatoms. The molecule has 0 saturated carbocycles. The van der Waals surface area contributed by atoms with Crippen LogP contribution in [0, 0.1) is 5.92 Å². The van der Waals surface area contributed by atoms with Crippen molar-refractivity contribution >= 4 is 49.0 Å². The van der Waals surface area contributed by atoms with Crippen LogP contribution in [-0.4, -0.2) is 60.7 Å². The van der Waals surface area contributed by atoms with E-state index in [9.17, 15) is 0 Å². The van der Waals surface area contributed by atoms with E-state index in [0.29, 0.717) is 12.5 Å². The van der Waals surface area contributed by atoms with Crippen LogP contribution in [0.25, 0.3) is 0 Å². The van der Waals surface area contributed by atoms with Crippen molar-refractivity contribution in [3.05, 3.63) is 0 Å². The van der Waals surface area contributed by atoms with Gasteiger partial charge in [-0.15, -0.1) is 0 Å². The summed E-state index contributed by atoms with van der Waals surface area (Å²) in [6.45, 7) is 2.55. The Morgan fingerprint density at radius 3 is 2.50 bits per heavy atom. The van der Waals surface area contributed by atoms with E-state index < -0.39 is 0 Å². The van der Waals surface area contributed by atoms with Gasteiger partial charge in [0, 0.05) is 0 Å². The molecule has 0 aliphatic rings. The topological polar surface area (TPSA) is 20.2 Å². The van der Waals surface area contributed by atoms with Gasteiger partial charge in [0.05, 0.1) is 0 Å². The molecule has 1 atom stereocenters. The average molecular weight is 168 g/mol. The van der Waals surface area contributed by atoms with Crippen LogP contribution < -0.4 is 0 Å². The van der Waals surface area contributed by atoms with E-state index in [1.165, 1.54) is 19.8 Å². The molecule has 0 bridgehead atoms. The number of rotatable bonds is 6. The van der Waals surface area contributed by atoms with Crippen LogP contribution in [0.1, 0.15) is 32.6 Å². The second-order valence-electron chi connectivity index (χ2n) is 2.95. The normalized spacial score (nSPS) is 13.6. The predicted octanol–water partition coefficient (Wildman–Crippen LogP) is 1.76. The summed E-state index contributed by atoms with van der Waals surface area (Å²) in [5, 5.41) is 8.84. The maximum absolute atomic E-state index is 8.84. The molecular formula is C8H17KO. The molecule has 0 aromatic rings. The van der Waals surface area contributed by atoms with Crippen LogP contribution >= 0.6 is 0 Å². The van der Waals surface area contributed by atoms with E-state index in [-0.39, 0.29) is 0 Å². The summed E-state index contributed by atoms with van der Waals surface area (Å²) in [7, 11) is 0. The van der Waals surface area contributed by atoms with Gasteiger partial charge in [-0.25, -0.2) is 0 Å². The Labute approximate surface area is 98.2 Å². The van der Waals surface area contributed by atoms with Crippen molar-refractivity contribution in [2.24, 2.45) is 5.92 Å². The molecule has 10 heavy (non-hydrogen) atoms. The van der Waals surface area contributed by atoms with Gasteiger partial charge in [-0.1, -0.05) is 0 Å². The molecule has 0 amide bonds. The number of aliphatic hydroxyl groups is 1. The van der Waals surface area contributed by atoms with Crippen molar-refractivity contribution in [2.75, 3.05) is 6.61 Å². The van der Waals surface area contributed by atoms with Crippen LogP contribution in [-0.2, 0) is 0 Å². The van der Waals surface area contributed by atoms with Gasteiger partial charge >= 0.3 is 99.7 Å². The number of hydrogen-bond acceptors (Lipinski definition) is 1. The summed E-state index contributed by atoms with van der Waals surface area (Å²) >= 11 is 1.04. The number of unbranched alkanes of at least 4 members (excludes halogenated alkanes) is 1. The van der Waals surface area contributed by atoms with Crippen LogP contribution in [0.5, 0.6) is 0 Å². The molecule has 0 heterocycles. The number of aliphatic hydroxyl groups excluding tert-OH is 1. The second-order valence-corrected chi connectivity index (χ2v) is 4.51. The van der Waals surface area contributed by atoms with Gasteiger partial charge in [-0.3, -0.25) is 0 Å². The monoisotopic (exact) mass is 168 g/mol. The molecule has 0 aliphatic heterocycles. The third-order valence-corrected chi connectivity index (χ3v) is 3.16. The van der Waals surface area contributed by atoms with Crippen molar-refractivity contribution in [3.8, 4) is 0 Å². The van der Waals surface area contributed by atoms with E-state index in [0.717, 1.165) is 55.4 Å². The van der Waals surface area contributed by atoms with E-state index in [1.807, 2.05) is 0 Å². The molecule has 0 fully saturated rings. The Morgan fingerprint density at radius 1 is 1.40 bits per heavy atom. The zero-order chi connectivity index (χ0) is 7.82. The second kappa shape index (κ2) is 8.69. The first-order valence-corrected chi connectivity index (χ1v) is 6.66. The zero-order valence-corrected chi connectivity index (χ0v) is 10.4. The first kappa shape index (κ1) is 11.6. The molecule has 0 radical (unpaired) electrons. The SMILES string of the molecule is CCC(CO)CCC[CH2][K]. The van der Waals surface area contributed by atoms with Gasteiger partial charge < -0.3 is 0 Å². The fourth-order valence-electron chi connectivity index (χ4n) is 1.11. The third-order valence-electron chi connectivity index (χ3n) is 2.05. The summed E-state index contributed by atoms with van der Waals surface area (Å²) in [4.78, 5) is 0. The molecule has 56 valence electrons. The van der Waals surface area contributed by atoms with E-state index >= 15 is 0 Å². The zero-order valence-electron chi connectivity index (χ0n) is 7.27. The van der Waals surface area contributed by atoms with Crippen molar-refractivity contribution < 1.29 is 5.11 Å². The standard InChI is InChI=1S/C8H17O.K/c1-3-5-6-8(4-2)7-9;/h8-9H,1,3-7H2,2H3;. The van der Waals surface area contributed by atoms with Gasteiger partial charge in [0.1, 0.15) is 0 Å². The quantitative estimate of drug-likeness (QED) is 0.473. The molecule has 0 aromatic carbocycles. The average Bonchev–Trinajstić information content (AvgIpc) is 1.99. The van der Waals surface area contributed by atoms with Gasteiger partial charge in [-0.05, 0) is 0 Å². The summed E-state index contributed by atoms with van der Waals surface area (Å²) < 4.78 is 1.47. The Morgan fingerprint density at radius 2 is 2.10 bits per heavy atom. The molecule has 0 aliphatic carbocycles. The van der Waals surface area contributed by atoms with Gasteiger partial charge in [0.15, 0.2) is 0 Å². The fraction of sp³-hybridized carbons (Fsp3) is 1.00. The summed E-state index contributed by atoms with van der Waals surface area (Å²) in [6.07, 6.45) is 5.11. The van der Waals surface area contributed by atoms with Gasteiger partial charge in [0.25, 0.3) is 0 Å². The van der Waals surface area contributed by atoms with Crippen molar-refractivity contribution in [2.45, 2.75) is 33.1 Å². The summed E-state index contributed by atoms with van der Waals surface area (Å²) in [6, 6.07) is 0. The van der Waals surface area contributed by atoms with Gasteiger partial charge in [0.2, 0.25) is 0 Å². The van der Waals surface area contributed by atoms with E-state index in [2.05, 4.69) is 6.92 Å². The molecule has 0 aromatic heterocycles. The fourth-order valence-corrected chi connectivity index (χ4v) is 1.89. The van der Waals surface area contributed by atoms with Crippen molar-refractivity contribution in [1.82, 2.24) is 0 Å². The predicted molar refractivity (Wildman–Crippen MR) is 45.3 cm³/mol. The Hall–Kier alpha value is 1.60.